The van der Waals surface area contributed by atoms with E-state index >= 15 is 0 Å². The van der Waals surface area contributed by atoms with Gasteiger partial charge >= 0.3 is 0 Å². The lowest BCUT2D eigenvalue weighted by Gasteiger charge is -2.31. The Labute approximate surface area is 185 Å². The van der Waals surface area contributed by atoms with Crippen LogP contribution in [0.3, 0.4) is 0 Å². The van der Waals surface area contributed by atoms with Crippen LogP contribution in [0.1, 0.15) is 57.6 Å². The summed E-state index contributed by atoms with van der Waals surface area (Å²) in [7, 11) is 1.52. The molecule has 1 aromatic rings. The van der Waals surface area contributed by atoms with E-state index < -0.39 is 0 Å². The molecule has 1 aliphatic heterocycles. The molecule has 0 bridgehead atoms. The minimum atomic E-state index is -0.0955. The number of unbranched alkanes of at least 4 members (excludes halogenated alkanes) is 3. The van der Waals surface area contributed by atoms with Crippen LogP contribution in [0.5, 0.6) is 0 Å². The lowest BCUT2D eigenvalue weighted by molar-refractivity contribution is -0.125. The monoisotopic (exact) mass is 441 g/mol. The Morgan fingerprint density at radius 2 is 2.10 bits per heavy atom. The van der Waals surface area contributed by atoms with Crippen LogP contribution in [0, 0.1) is 0 Å². The molecule has 1 N–H and O–H groups in total. The number of amides is 1. The molecule has 1 fully saturated rings. The summed E-state index contributed by atoms with van der Waals surface area (Å²) in [6.07, 6.45) is 11.6. The molecule has 9 heteroatoms. The van der Waals surface area contributed by atoms with E-state index in [1.54, 1.807) is 0 Å². The van der Waals surface area contributed by atoms with Gasteiger partial charge in [0.1, 0.15) is 6.61 Å². The Morgan fingerprint density at radius 1 is 1.27 bits per heavy atom. The van der Waals surface area contributed by atoms with Crippen molar-refractivity contribution in [2.75, 3.05) is 45.7 Å². The van der Waals surface area contributed by atoms with Gasteiger partial charge in [0.15, 0.2) is 0 Å². The molecule has 30 heavy (non-hydrogen) atoms. The molecule has 172 valence electrons. The van der Waals surface area contributed by atoms with Gasteiger partial charge in [-0.3, -0.25) is 13.8 Å². The number of hydrogen-bond donors (Lipinski definition) is 1. The van der Waals surface area contributed by atoms with Gasteiger partial charge in [0.05, 0.1) is 18.4 Å². The Kier molecular flexibility index (Phi) is 13.1. The van der Waals surface area contributed by atoms with E-state index in [1.807, 2.05) is 16.6 Å². The topological polar surface area (TPSA) is 81.5 Å². The van der Waals surface area contributed by atoms with Crippen LogP contribution < -0.4 is 5.32 Å². The van der Waals surface area contributed by atoms with Gasteiger partial charge in [-0.2, -0.15) is 0 Å². The average molecular weight is 442 g/mol. The van der Waals surface area contributed by atoms with Crippen LogP contribution in [-0.4, -0.2) is 77.0 Å². The number of carbonyl (C=O) groups excluding carboxylic acids is 1. The van der Waals surface area contributed by atoms with Crippen molar-refractivity contribution < 1.29 is 14.3 Å². The fraction of sp³-hybridized carbons (Fsp3) is 0.857. The van der Waals surface area contributed by atoms with Crippen molar-refractivity contribution in [1.29, 1.82) is 0 Å². The maximum atomic E-state index is 11.3. The smallest absolute Gasteiger partial charge is 0.246 e. The van der Waals surface area contributed by atoms with E-state index in [0.29, 0.717) is 19.3 Å². The number of carbonyl (C=O) groups is 1. The highest BCUT2D eigenvalue weighted by Gasteiger charge is 2.19. The number of nitrogens with zero attached hydrogens (tertiary/aromatic N) is 4. The molecular weight excluding hydrogens is 402 g/mol. The third kappa shape index (κ3) is 10.7. The van der Waals surface area contributed by atoms with Gasteiger partial charge in [0, 0.05) is 45.2 Å². The Balaban J connectivity index is 1.46. The average Bonchev–Trinajstić information content (AvgIpc) is 3.21. The van der Waals surface area contributed by atoms with Crippen LogP contribution >= 0.6 is 11.9 Å². The summed E-state index contributed by atoms with van der Waals surface area (Å²) in [4.78, 5) is 11.3. The number of ether oxygens (including phenoxy) is 2. The summed E-state index contributed by atoms with van der Waals surface area (Å²) < 4.78 is 15.1. The minimum absolute atomic E-state index is 0.0955. The summed E-state index contributed by atoms with van der Waals surface area (Å²) >= 11 is 1.93. The second kappa shape index (κ2) is 15.6. The lowest BCUT2D eigenvalue weighted by atomic mass is 10.1. The third-order valence-electron chi connectivity index (χ3n) is 5.13. The first-order valence-corrected chi connectivity index (χ1v) is 12.3. The van der Waals surface area contributed by atoms with Crippen LogP contribution in [0.2, 0.25) is 0 Å². The van der Waals surface area contributed by atoms with E-state index in [2.05, 4.69) is 33.1 Å². The van der Waals surface area contributed by atoms with Gasteiger partial charge in [-0.25, -0.2) is 0 Å². The van der Waals surface area contributed by atoms with Gasteiger partial charge in [-0.05, 0) is 32.1 Å². The molecular formula is C21H39N5O3S. The number of hydrogen-bond acceptors (Lipinski definition) is 7. The number of nitrogens with one attached hydrogen (secondary N) is 1. The summed E-state index contributed by atoms with van der Waals surface area (Å²) in [6, 6.07) is 0. The fourth-order valence-corrected chi connectivity index (χ4v) is 4.44. The SMILES string of the molecule is CCCCCCn1cc(CCCSN2CCC(OCCNC(=O)COC)CC2)nn1. The summed E-state index contributed by atoms with van der Waals surface area (Å²) in [5.74, 6) is 1.02. The maximum Gasteiger partial charge on any atom is 0.246 e. The van der Waals surface area contributed by atoms with Gasteiger partial charge < -0.3 is 14.8 Å². The molecule has 1 saturated heterocycles. The molecule has 0 aromatic carbocycles. The molecule has 0 spiro atoms. The van der Waals surface area contributed by atoms with Crippen LogP contribution in [0.4, 0.5) is 0 Å². The van der Waals surface area contributed by atoms with Crippen molar-refractivity contribution in [3.8, 4) is 0 Å². The predicted octanol–water partition coefficient (Wildman–Crippen LogP) is 2.68. The van der Waals surface area contributed by atoms with E-state index in [-0.39, 0.29) is 12.5 Å². The second-order valence-electron chi connectivity index (χ2n) is 7.75. The van der Waals surface area contributed by atoms with Crippen LogP contribution in [-0.2, 0) is 27.2 Å². The van der Waals surface area contributed by atoms with E-state index in [0.717, 1.165) is 56.8 Å². The van der Waals surface area contributed by atoms with Crippen LogP contribution in [0.15, 0.2) is 6.20 Å². The first-order chi connectivity index (χ1) is 14.7. The van der Waals surface area contributed by atoms with E-state index in [4.69, 9.17) is 9.47 Å². The predicted molar refractivity (Wildman–Crippen MR) is 120 cm³/mol. The van der Waals surface area contributed by atoms with Gasteiger partial charge in [-0.15, -0.1) is 5.10 Å². The summed E-state index contributed by atoms with van der Waals surface area (Å²) in [6.45, 7) is 6.54. The summed E-state index contributed by atoms with van der Waals surface area (Å²) in [5.41, 5.74) is 1.11. The molecule has 0 aliphatic carbocycles. The number of aromatic nitrogens is 3. The first kappa shape index (κ1) is 25.1. The number of rotatable bonds is 16. The number of methoxy groups -OCH3 is 1. The molecule has 8 nitrogen and oxygen atoms in total. The lowest BCUT2D eigenvalue weighted by Crippen LogP contribution is -2.35. The van der Waals surface area contributed by atoms with Crippen molar-refractivity contribution >= 4 is 17.9 Å². The van der Waals surface area contributed by atoms with Gasteiger partial charge in [-0.1, -0.05) is 43.3 Å². The fourth-order valence-electron chi connectivity index (χ4n) is 3.44. The molecule has 1 aliphatic rings. The largest absolute Gasteiger partial charge is 0.376 e. The Hall–Kier alpha value is -1.16. The Bertz CT molecular complexity index is 579. The van der Waals surface area contributed by atoms with Gasteiger partial charge in [0.25, 0.3) is 0 Å². The second-order valence-corrected chi connectivity index (χ2v) is 8.94. The number of aryl methyl sites for hydroxylation is 2. The highest BCUT2D eigenvalue weighted by Crippen LogP contribution is 2.21. The highest BCUT2D eigenvalue weighted by molar-refractivity contribution is 7.97. The molecule has 2 heterocycles. The first-order valence-electron chi connectivity index (χ1n) is 11.4. The van der Waals surface area contributed by atoms with Crippen molar-refractivity contribution in [3.63, 3.8) is 0 Å². The zero-order valence-corrected chi connectivity index (χ0v) is 19.5. The highest BCUT2D eigenvalue weighted by atomic mass is 32.2. The van der Waals surface area contributed by atoms with E-state index in [1.165, 1.54) is 32.8 Å². The van der Waals surface area contributed by atoms with Crippen molar-refractivity contribution in [1.82, 2.24) is 24.6 Å². The quantitative estimate of drug-likeness (QED) is 0.312. The molecule has 0 atom stereocenters. The normalized spacial score (nSPS) is 15.5. The standard InChI is InChI=1S/C21H39N5O3S/c1-3-4-5-6-12-25-17-19(23-24-25)8-7-16-30-26-13-9-20(10-14-26)29-15-11-22-21(27)18-28-2/h17,20H,3-16,18H2,1-2H3,(H,22,27). The van der Waals surface area contributed by atoms with Crippen molar-refractivity contribution in [2.45, 2.75) is 70.9 Å². The molecule has 1 aromatic heterocycles. The summed E-state index contributed by atoms with van der Waals surface area (Å²) in [5, 5.41) is 11.3. The van der Waals surface area contributed by atoms with Crippen molar-refractivity contribution in [2.24, 2.45) is 0 Å². The van der Waals surface area contributed by atoms with Crippen molar-refractivity contribution in [3.05, 3.63) is 11.9 Å². The minimum Gasteiger partial charge on any atom is -0.376 e. The number of piperidine rings is 1. The molecule has 0 saturated carbocycles. The maximum absolute atomic E-state index is 11.3. The Morgan fingerprint density at radius 3 is 2.87 bits per heavy atom. The molecule has 0 radical (unpaired) electrons. The molecule has 0 unspecified atom stereocenters. The molecule has 2 rings (SSSR count). The zero-order valence-electron chi connectivity index (χ0n) is 18.7. The van der Waals surface area contributed by atoms with E-state index in [9.17, 15) is 4.79 Å². The zero-order chi connectivity index (χ0) is 21.4. The molecule has 1 amide bonds. The van der Waals surface area contributed by atoms with Crippen LogP contribution in [0.25, 0.3) is 0 Å². The third-order valence-corrected chi connectivity index (χ3v) is 6.33. The van der Waals surface area contributed by atoms with Gasteiger partial charge in [0.2, 0.25) is 5.91 Å².